The molecule has 14 heteroatoms. The molecule has 0 unspecified atom stereocenters. The predicted octanol–water partition coefficient (Wildman–Crippen LogP) is 4.72. The molecule has 0 bridgehead atoms. The van der Waals surface area contributed by atoms with E-state index in [2.05, 4.69) is 10.1 Å². The number of rotatable bonds is 8. The second-order valence-corrected chi connectivity index (χ2v) is 9.84. The van der Waals surface area contributed by atoms with Crippen LogP contribution < -0.4 is 5.56 Å². The van der Waals surface area contributed by atoms with Crippen molar-refractivity contribution in [1.82, 2.24) is 19.7 Å². The molecular weight excluding hydrogens is 560 g/mol. The Kier molecular flexibility index (Phi) is 8.43. The number of halogens is 5. The van der Waals surface area contributed by atoms with Gasteiger partial charge in [0.05, 0.1) is 35.3 Å². The molecule has 212 valence electrons. The third kappa shape index (κ3) is 6.24. The van der Waals surface area contributed by atoms with E-state index in [9.17, 15) is 41.8 Å². The molecule has 1 aromatic carbocycles. The number of hydrogen-bond acceptors (Lipinski definition) is 5. The van der Waals surface area contributed by atoms with Gasteiger partial charge in [-0.3, -0.25) is 23.9 Å². The molecule has 1 aliphatic rings. The van der Waals surface area contributed by atoms with E-state index in [0.29, 0.717) is 10.2 Å². The Morgan fingerprint density at radius 1 is 1.10 bits per heavy atom. The summed E-state index contributed by atoms with van der Waals surface area (Å²) in [6.45, 7) is -1.20. The standard InChI is InChI=1S/C26H23ClF4N4O5/c27-19-9-10-32-23(37)21(19)20(36)13-34(12-14-1-5-16(28)6-2-14)24(38)18-11-33-35(22(18)26(29,30)31)17-7-3-15(4-8-17)25(39)40/h1-2,5-6,9-11,15,17H,3-4,7-8,12-13H2,(H,32,37)(H,39,40)/t15-,17-. The van der Waals surface area contributed by atoms with Crippen molar-refractivity contribution in [1.29, 1.82) is 0 Å². The van der Waals surface area contributed by atoms with Crippen molar-refractivity contribution in [2.24, 2.45) is 5.92 Å². The molecule has 3 aromatic rings. The molecule has 9 nitrogen and oxygen atoms in total. The second kappa shape index (κ2) is 11.6. The Hall–Kier alpha value is -4.00. The Morgan fingerprint density at radius 3 is 2.33 bits per heavy atom. The number of amides is 1. The fourth-order valence-electron chi connectivity index (χ4n) is 4.79. The normalized spacial score (nSPS) is 17.4. The molecule has 0 saturated heterocycles. The first kappa shape index (κ1) is 29.0. The summed E-state index contributed by atoms with van der Waals surface area (Å²) in [4.78, 5) is 53.2. The van der Waals surface area contributed by atoms with E-state index in [1.165, 1.54) is 24.4 Å². The zero-order chi connectivity index (χ0) is 29.2. The molecule has 4 rings (SSSR count). The Morgan fingerprint density at radius 2 is 1.75 bits per heavy atom. The van der Waals surface area contributed by atoms with Gasteiger partial charge in [-0.25, -0.2) is 4.39 Å². The smallest absolute Gasteiger partial charge is 0.433 e. The number of aromatic amines is 1. The molecular formula is C26H23ClF4N4O5. The average Bonchev–Trinajstić information content (AvgIpc) is 3.35. The number of carboxylic acids is 1. The van der Waals surface area contributed by atoms with Crippen molar-refractivity contribution >= 4 is 29.3 Å². The number of H-pyrrole nitrogens is 1. The van der Waals surface area contributed by atoms with Crippen molar-refractivity contribution < 1.29 is 37.1 Å². The highest BCUT2D eigenvalue weighted by Crippen LogP contribution is 2.39. The van der Waals surface area contributed by atoms with Gasteiger partial charge < -0.3 is 15.0 Å². The number of aliphatic carboxylic acids is 1. The van der Waals surface area contributed by atoms with Gasteiger partial charge >= 0.3 is 12.1 Å². The summed E-state index contributed by atoms with van der Waals surface area (Å²) in [7, 11) is 0. The third-order valence-electron chi connectivity index (χ3n) is 6.78. The number of benzene rings is 1. The van der Waals surface area contributed by atoms with Gasteiger partial charge in [0.15, 0.2) is 11.5 Å². The number of ketones is 1. The van der Waals surface area contributed by atoms with Gasteiger partial charge in [-0.2, -0.15) is 18.3 Å². The molecule has 1 saturated carbocycles. The predicted molar refractivity (Wildman–Crippen MR) is 133 cm³/mol. The van der Waals surface area contributed by atoms with Crippen LogP contribution in [0.3, 0.4) is 0 Å². The number of aromatic nitrogens is 3. The van der Waals surface area contributed by atoms with Gasteiger partial charge in [-0.1, -0.05) is 23.7 Å². The van der Waals surface area contributed by atoms with E-state index in [0.717, 1.165) is 23.2 Å². The molecule has 0 atom stereocenters. The van der Waals surface area contributed by atoms with Gasteiger partial charge in [-0.05, 0) is 49.4 Å². The summed E-state index contributed by atoms with van der Waals surface area (Å²) in [6, 6.07) is 5.24. The molecule has 40 heavy (non-hydrogen) atoms. The minimum Gasteiger partial charge on any atom is -0.481 e. The number of hydrogen-bond donors (Lipinski definition) is 2. The number of pyridine rings is 1. The van der Waals surface area contributed by atoms with E-state index < -0.39 is 70.5 Å². The largest absolute Gasteiger partial charge is 0.481 e. The van der Waals surface area contributed by atoms with Crippen LogP contribution >= 0.6 is 11.6 Å². The zero-order valence-electron chi connectivity index (χ0n) is 20.8. The molecule has 2 aromatic heterocycles. The quantitative estimate of drug-likeness (QED) is 0.292. The Balaban J connectivity index is 1.71. The van der Waals surface area contributed by atoms with Crippen LogP contribution in [0.4, 0.5) is 17.6 Å². The van der Waals surface area contributed by atoms with Crippen LogP contribution in [0, 0.1) is 11.7 Å². The molecule has 1 amide bonds. The highest BCUT2D eigenvalue weighted by atomic mass is 35.5. The van der Waals surface area contributed by atoms with Gasteiger partial charge in [0.1, 0.15) is 11.4 Å². The van der Waals surface area contributed by atoms with Crippen LogP contribution in [0.2, 0.25) is 5.02 Å². The number of nitrogens with one attached hydrogen (secondary N) is 1. The maximum Gasteiger partial charge on any atom is 0.433 e. The minimum absolute atomic E-state index is 0.114. The summed E-state index contributed by atoms with van der Waals surface area (Å²) in [5.74, 6) is -4.40. The zero-order valence-corrected chi connectivity index (χ0v) is 21.5. The number of Topliss-reactive ketones (excluding diaryl/α,β-unsaturated/α-hetero) is 1. The summed E-state index contributed by atoms with van der Waals surface area (Å²) in [6.07, 6.45) is -2.52. The summed E-state index contributed by atoms with van der Waals surface area (Å²) in [5.41, 5.74) is -3.15. The highest BCUT2D eigenvalue weighted by molar-refractivity contribution is 6.34. The molecule has 0 spiro atoms. The molecule has 2 heterocycles. The number of carbonyl (C=O) groups excluding carboxylic acids is 2. The van der Waals surface area contributed by atoms with Crippen LogP contribution in [0.5, 0.6) is 0 Å². The first-order chi connectivity index (χ1) is 18.9. The lowest BCUT2D eigenvalue weighted by atomic mass is 9.86. The molecule has 1 fully saturated rings. The van der Waals surface area contributed by atoms with Crippen molar-refractivity contribution in [3.05, 3.63) is 86.3 Å². The van der Waals surface area contributed by atoms with Crippen molar-refractivity contribution in [2.75, 3.05) is 6.54 Å². The molecule has 2 N–H and O–H groups in total. The number of carboxylic acid groups (broad SMARTS) is 1. The van der Waals surface area contributed by atoms with Crippen molar-refractivity contribution in [3.63, 3.8) is 0 Å². The number of carbonyl (C=O) groups is 3. The van der Waals surface area contributed by atoms with Crippen molar-refractivity contribution in [3.8, 4) is 0 Å². The fourth-order valence-corrected chi connectivity index (χ4v) is 5.05. The second-order valence-electron chi connectivity index (χ2n) is 9.43. The van der Waals surface area contributed by atoms with Crippen LogP contribution in [-0.2, 0) is 17.5 Å². The molecule has 0 aliphatic heterocycles. The van der Waals surface area contributed by atoms with Gasteiger partial charge in [-0.15, -0.1) is 0 Å². The van der Waals surface area contributed by atoms with E-state index in [4.69, 9.17) is 11.6 Å². The Bertz CT molecular complexity index is 1480. The number of nitrogens with zero attached hydrogens (tertiary/aromatic N) is 3. The van der Waals surface area contributed by atoms with Crippen LogP contribution in [0.15, 0.2) is 47.5 Å². The van der Waals surface area contributed by atoms with Crippen LogP contribution in [0.25, 0.3) is 0 Å². The van der Waals surface area contributed by atoms with Crippen LogP contribution in [-0.4, -0.2) is 49.0 Å². The van der Waals surface area contributed by atoms with Crippen LogP contribution in [0.1, 0.15) is 63.7 Å². The SMILES string of the molecule is O=C(CN(Cc1ccc(F)cc1)C(=O)c1cnn([C@H]2CC[C@H](C(=O)O)CC2)c1C(F)(F)F)c1c(Cl)cc[nH]c1=O. The summed E-state index contributed by atoms with van der Waals surface area (Å²) in [5, 5.41) is 12.9. The van der Waals surface area contributed by atoms with Gasteiger partial charge in [0.2, 0.25) is 0 Å². The van der Waals surface area contributed by atoms with E-state index in [-0.39, 0.29) is 37.3 Å². The minimum atomic E-state index is -5.02. The highest BCUT2D eigenvalue weighted by Gasteiger charge is 2.43. The first-order valence-corrected chi connectivity index (χ1v) is 12.6. The lowest BCUT2D eigenvalue weighted by Gasteiger charge is -2.28. The molecule has 1 aliphatic carbocycles. The summed E-state index contributed by atoms with van der Waals surface area (Å²) >= 11 is 6.00. The molecule has 0 radical (unpaired) electrons. The fraction of sp³-hybridized carbons (Fsp3) is 0.346. The van der Waals surface area contributed by atoms with Crippen molar-refractivity contribution in [2.45, 2.75) is 44.4 Å². The maximum atomic E-state index is 14.3. The van der Waals surface area contributed by atoms with E-state index >= 15 is 0 Å². The van der Waals surface area contributed by atoms with Gasteiger partial charge in [0, 0.05) is 12.7 Å². The Labute approximate surface area is 229 Å². The lowest BCUT2D eigenvalue weighted by molar-refractivity contribution is -0.147. The van der Waals surface area contributed by atoms with Gasteiger partial charge in [0.25, 0.3) is 11.5 Å². The van der Waals surface area contributed by atoms with E-state index in [1.54, 1.807) is 0 Å². The topological polar surface area (TPSA) is 125 Å². The first-order valence-electron chi connectivity index (χ1n) is 12.2. The number of alkyl halides is 3. The third-order valence-corrected chi connectivity index (χ3v) is 7.10. The van der Waals surface area contributed by atoms with E-state index in [1.807, 2.05) is 0 Å². The summed E-state index contributed by atoms with van der Waals surface area (Å²) < 4.78 is 57.1. The average molecular weight is 583 g/mol. The lowest BCUT2D eigenvalue weighted by Crippen LogP contribution is -2.38. The monoisotopic (exact) mass is 582 g/mol. The maximum absolute atomic E-state index is 14.3.